The van der Waals surface area contributed by atoms with Crippen molar-refractivity contribution < 1.29 is 0 Å². The SMILES string of the molecule is CC1CC=Cc2c1c1cc(-c3ccc4c(c3)c3ccccc3n4-c3ccccc3)ccc1n2-c1ccc2sc3ccccc3c2c1. The van der Waals surface area contributed by atoms with Crippen molar-refractivity contribution >= 4 is 70.3 Å². The maximum absolute atomic E-state index is 2.49. The normalized spacial score (nSPS) is 14.7. The zero-order chi connectivity index (χ0) is 30.4. The number of hydrogen-bond donors (Lipinski definition) is 0. The van der Waals surface area contributed by atoms with Crippen LogP contribution in [0.4, 0.5) is 0 Å². The Labute approximate surface area is 271 Å². The first kappa shape index (κ1) is 25.9. The maximum Gasteiger partial charge on any atom is 0.0541 e. The van der Waals surface area contributed by atoms with Crippen molar-refractivity contribution in [1.82, 2.24) is 9.13 Å². The predicted molar refractivity (Wildman–Crippen MR) is 198 cm³/mol. The highest BCUT2D eigenvalue weighted by Gasteiger charge is 2.24. The quantitative estimate of drug-likeness (QED) is 0.189. The Morgan fingerprint density at radius 2 is 1.20 bits per heavy atom. The van der Waals surface area contributed by atoms with Crippen LogP contribution in [-0.2, 0) is 0 Å². The van der Waals surface area contributed by atoms with Gasteiger partial charge in [-0.2, -0.15) is 0 Å². The van der Waals surface area contributed by atoms with E-state index in [9.17, 15) is 0 Å². The number of hydrogen-bond acceptors (Lipinski definition) is 1. The Bertz CT molecular complexity index is 2680. The molecule has 3 heteroatoms. The lowest BCUT2D eigenvalue weighted by molar-refractivity contribution is 0.773. The zero-order valence-corrected chi connectivity index (χ0v) is 26.3. The smallest absolute Gasteiger partial charge is 0.0541 e. The van der Waals surface area contributed by atoms with Gasteiger partial charge >= 0.3 is 0 Å². The van der Waals surface area contributed by atoms with Gasteiger partial charge in [-0.1, -0.05) is 79.7 Å². The summed E-state index contributed by atoms with van der Waals surface area (Å²) < 4.78 is 7.56. The molecule has 2 nitrogen and oxygen atoms in total. The molecule has 0 radical (unpaired) electrons. The van der Waals surface area contributed by atoms with E-state index in [4.69, 9.17) is 0 Å². The van der Waals surface area contributed by atoms with Crippen LogP contribution in [0.5, 0.6) is 0 Å². The Morgan fingerprint density at radius 3 is 2.04 bits per heavy atom. The molecule has 0 aliphatic heterocycles. The molecule has 46 heavy (non-hydrogen) atoms. The van der Waals surface area contributed by atoms with Gasteiger partial charge in [0.05, 0.1) is 16.6 Å². The standard InChI is InChI=1S/C43H30N2S/c1-27-10-9-16-40-43(27)36-25-29(19-22-39(36)45(40)31-20-23-42-35(26-31)33-14-6-8-17-41(33)46-42)28-18-21-38-34(24-28)32-13-5-7-15-37(32)44(38)30-11-3-2-4-12-30/h2-9,11-27H,10H2,1H3. The van der Waals surface area contributed by atoms with E-state index in [0.717, 1.165) is 6.42 Å². The average molecular weight is 607 g/mol. The van der Waals surface area contributed by atoms with Crippen LogP contribution in [-0.4, -0.2) is 9.13 Å². The van der Waals surface area contributed by atoms with Crippen LogP contribution >= 0.6 is 11.3 Å². The lowest BCUT2D eigenvalue weighted by atomic mass is 9.90. The van der Waals surface area contributed by atoms with Gasteiger partial charge in [-0.3, -0.25) is 0 Å². The minimum Gasteiger partial charge on any atom is -0.310 e. The van der Waals surface area contributed by atoms with Crippen molar-refractivity contribution in [3.05, 3.63) is 151 Å². The summed E-state index contributed by atoms with van der Waals surface area (Å²) >= 11 is 1.88. The molecule has 1 aliphatic carbocycles. The molecular formula is C43H30N2S. The van der Waals surface area contributed by atoms with Crippen molar-refractivity contribution in [2.75, 3.05) is 0 Å². The monoisotopic (exact) mass is 606 g/mol. The Morgan fingerprint density at radius 1 is 0.522 bits per heavy atom. The summed E-state index contributed by atoms with van der Waals surface area (Å²) in [6.07, 6.45) is 5.75. The fourth-order valence-electron chi connectivity index (χ4n) is 7.84. The minimum absolute atomic E-state index is 0.455. The molecule has 1 atom stereocenters. The fraction of sp³-hybridized carbons (Fsp3) is 0.0698. The number of benzene rings is 6. The average Bonchev–Trinajstić information content (AvgIpc) is 3.76. The van der Waals surface area contributed by atoms with E-state index in [-0.39, 0.29) is 0 Å². The van der Waals surface area contributed by atoms with Crippen LogP contribution in [0.15, 0.2) is 140 Å². The molecule has 1 unspecified atom stereocenters. The third-order valence-electron chi connectivity index (χ3n) is 9.94. The molecule has 9 aromatic rings. The Hall–Kier alpha value is -5.38. The van der Waals surface area contributed by atoms with Crippen molar-refractivity contribution in [2.45, 2.75) is 19.3 Å². The number of rotatable bonds is 3. The van der Waals surface area contributed by atoms with E-state index in [1.807, 2.05) is 11.3 Å². The van der Waals surface area contributed by atoms with E-state index in [1.54, 1.807) is 0 Å². The number of aromatic nitrogens is 2. The van der Waals surface area contributed by atoms with Crippen LogP contribution in [0, 0.1) is 0 Å². The first-order valence-electron chi connectivity index (χ1n) is 16.1. The largest absolute Gasteiger partial charge is 0.310 e. The van der Waals surface area contributed by atoms with Crippen molar-refractivity contribution in [1.29, 1.82) is 0 Å². The molecule has 0 saturated carbocycles. The molecule has 1 aliphatic rings. The van der Waals surface area contributed by atoms with Gasteiger partial charge in [0.2, 0.25) is 0 Å². The molecular weight excluding hydrogens is 577 g/mol. The minimum atomic E-state index is 0.455. The van der Waals surface area contributed by atoms with Gasteiger partial charge in [-0.15, -0.1) is 11.3 Å². The van der Waals surface area contributed by atoms with Crippen LogP contribution in [0.3, 0.4) is 0 Å². The second-order valence-corrected chi connectivity index (χ2v) is 13.7. The number of fused-ring (bicyclic) bond motifs is 9. The maximum atomic E-state index is 2.49. The summed E-state index contributed by atoms with van der Waals surface area (Å²) in [6.45, 7) is 2.37. The van der Waals surface area contributed by atoms with Crippen LogP contribution < -0.4 is 0 Å². The number of allylic oxidation sites excluding steroid dienone is 1. The van der Waals surface area contributed by atoms with E-state index in [0.29, 0.717) is 5.92 Å². The van der Waals surface area contributed by atoms with Crippen molar-refractivity contribution in [3.8, 4) is 22.5 Å². The summed E-state index contributed by atoms with van der Waals surface area (Å²) in [6, 6.07) is 49.3. The highest BCUT2D eigenvalue weighted by molar-refractivity contribution is 7.25. The molecule has 3 heterocycles. The molecule has 6 aromatic carbocycles. The summed E-state index contributed by atoms with van der Waals surface area (Å²) in [4.78, 5) is 0. The van der Waals surface area contributed by atoms with E-state index in [1.165, 1.54) is 86.6 Å². The predicted octanol–water partition coefficient (Wildman–Crippen LogP) is 12.3. The number of thiophene rings is 1. The van der Waals surface area contributed by atoms with Crippen molar-refractivity contribution in [3.63, 3.8) is 0 Å². The fourth-order valence-corrected chi connectivity index (χ4v) is 8.92. The number of nitrogens with zero attached hydrogens (tertiary/aromatic N) is 2. The van der Waals surface area contributed by atoms with Gasteiger partial charge in [-0.05, 0) is 102 Å². The van der Waals surface area contributed by atoms with E-state index in [2.05, 4.69) is 162 Å². The van der Waals surface area contributed by atoms with Gasteiger partial charge in [-0.25, -0.2) is 0 Å². The molecule has 0 spiro atoms. The first-order chi connectivity index (χ1) is 22.7. The molecule has 3 aromatic heterocycles. The first-order valence-corrected chi connectivity index (χ1v) is 16.9. The third kappa shape index (κ3) is 3.70. The van der Waals surface area contributed by atoms with Gasteiger partial charge in [0.25, 0.3) is 0 Å². The van der Waals surface area contributed by atoms with E-state index < -0.39 is 0 Å². The molecule has 10 rings (SSSR count). The van der Waals surface area contributed by atoms with Crippen LogP contribution in [0.25, 0.3) is 81.5 Å². The van der Waals surface area contributed by atoms with E-state index >= 15 is 0 Å². The summed E-state index contributed by atoms with van der Waals surface area (Å²) in [5, 5.41) is 6.59. The van der Waals surface area contributed by atoms with Gasteiger partial charge in [0.1, 0.15) is 0 Å². The second-order valence-electron chi connectivity index (χ2n) is 12.6. The molecule has 0 N–H and O–H groups in total. The van der Waals surface area contributed by atoms with Crippen LogP contribution in [0.1, 0.15) is 30.5 Å². The number of para-hydroxylation sites is 2. The molecule has 218 valence electrons. The van der Waals surface area contributed by atoms with Gasteiger partial charge < -0.3 is 9.13 Å². The third-order valence-corrected chi connectivity index (χ3v) is 11.1. The highest BCUT2D eigenvalue weighted by atomic mass is 32.1. The summed E-state index contributed by atoms with van der Waals surface area (Å²) in [7, 11) is 0. The molecule has 0 bridgehead atoms. The molecule has 0 saturated heterocycles. The second kappa shape index (κ2) is 9.81. The van der Waals surface area contributed by atoms with Gasteiger partial charge in [0.15, 0.2) is 0 Å². The Balaban J connectivity index is 1.18. The summed E-state index contributed by atoms with van der Waals surface area (Å²) in [5.74, 6) is 0.455. The molecule has 0 amide bonds. The lowest BCUT2D eigenvalue weighted by Crippen LogP contribution is -2.02. The van der Waals surface area contributed by atoms with Crippen molar-refractivity contribution in [2.24, 2.45) is 0 Å². The molecule has 0 fully saturated rings. The summed E-state index contributed by atoms with van der Waals surface area (Å²) in [5.41, 5.74) is 11.4. The van der Waals surface area contributed by atoms with Crippen LogP contribution in [0.2, 0.25) is 0 Å². The highest BCUT2D eigenvalue weighted by Crippen LogP contribution is 2.43. The zero-order valence-electron chi connectivity index (χ0n) is 25.4. The Kier molecular flexibility index (Phi) is 5.52. The topological polar surface area (TPSA) is 9.86 Å². The van der Waals surface area contributed by atoms with Gasteiger partial charge in [0, 0.05) is 53.4 Å². The lowest BCUT2D eigenvalue weighted by Gasteiger charge is -2.17.